The molecular formula is C17H14N6O4S. The molecule has 0 fully saturated rings. The van der Waals surface area contributed by atoms with Gasteiger partial charge in [-0.2, -0.15) is 10.2 Å². The number of amides is 1. The number of primary sulfonamides is 1. The standard InChI is InChI=1S/C17H14N6O4S/c1-19-16-15(21-20-11-3-7-13(27-2)8-4-11)17(24)23(22-16)12-5-9-14(10-6-12)28(18,25)26/h3-10,15H,2H3,(H2,18,25,26). The maximum absolute atomic E-state index is 12.6. The van der Waals surface area contributed by atoms with Crippen molar-refractivity contribution < 1.29 is 17.9 Å². The summed E-state index contributed by atoms with van der Waals surface area (Å²) in [6.07, 6.45) is 0. The van der Waals surface area contributed by atoms with E-state index in [2.05, 4.69) is 20.2 Å². The summed E-state index contributed by atoms with van der Waals surface area (Å²) in [4.78, 5) is 15.8. The summed E-state index contributed by atoms with van der Waals surface area (Å²) >= 11 is 0. The number of azo groups is 1. The molecule has 2 aromatic rings. The maximum Gasteiger partial charge on any atom is 0.307 e. The molecule has 1 heterocycles. The largest absolute Gasteiger partial charge is 0.497 e. The minimum absolute atomic E-state index is 0.104. The smallest absolute Gasteiger partial charge is 0.307 e. The van der Waals surface area contributed by atoms with E-state index in [9.17, 15) is 13.2 Å². The lowest BCUT2D eigenvalue weighted by Crippen LogP contribution is -2.29. The number of sulfonamides is 1. The first-order valence-electron chi connectivity index (χ1n) is 7.81. The number of nitrogens with two attached hydrogens (primary N) is 1. The Hall–Kier alpha value is -3.62. The van der Waals surface area contributed by atoms with E-state index in [4.69, 9.17) is 16.4 Å². The summed E-state index contributed by atoms with van der Waals surface area (Å²) < 4.78 is 27.7. The number of hydrazone groups is 1. The normalized spacial score (nSPS) is 16.9. The van der Waals surface area contributed by atoms with Crippen molar-refractivity contribution in [3.8, 4) is 5.75 Å². The summed E-state index contributed by atoms with van der Waals surface area (Å²) in [5, 5.41) is 17.9. The summed E-state index contributed by atoms with van der Waals surface area (Å²) in [6, 6.07) is 10.7. The number of rotatable bonds is 5. The molecule has 11 heteroatoms. The Morgan fingerprint density at radius 3 is 2.36 bits per heavy atom. The maximum atomic E-state index is 12.6. The van der Waals surface area contributed by atoms with Gasteiger partial charge in [-0.25, -0.2) is 13.6 Å². The van der Waals surface area contributed by atoms with Crippen molar-refractivity contribution in [3.63, 3.8) is 0 Å². The number of carbonyl (C=O) groups excluding carboxylic acids is 1. The highest BCUT2D eigenvalue weighted by molar-refractivity contribution is 7.89. The van der Waals surface area contributed by atoms with Crippen LogP contribution >= 0.6 is 0 Å². The van der Waals surface area contributed by atoms with E-state index < -0.39 is 22.0 Å². The van der Waals surface area contributed by atoms with Crippen LogP contribution < -0.4 is 14.9 Å². The van der Waals surface area contributed by atoms with E-state index in [1.807, 2.05) is 0 Å². The molecule has 2 N–H and O–H groups in total. The summed E-state index contributed by atoms with van der Waals surface area (Å²) in [5.41, 5.74) is 0.759. The zero-order chi connectivity index (χ0) is 20.3. The number of benzene rings is 2. The fourth-order valence-corrected chi connectivity index (χ4v) is 2.87. The molecule has 0 aliphatic carbocycles. The van der Waals surface area contributed by atoms with Crippen LogP contribution in [0.5, 0.6) is 5.75 Å². The molecule has 0 bridgehead atoms. The lowest BCUT2D eigenvalue weighted by Gasteiger charge is -2.09. The molecule has 142 valence electrons. The van der Waals surface area contributed by atoms with E-state index in [-0.39, 0.29) is 16.4 Å². The van der Waals surface area contributed by atoms with Gasteiger partial charge in [-0.15, -0.1) is 5.01 Å². The minimum atomic E-state index is -3.86. The van der Waals surface area contributed by atoms with E-state index in [1.54, 1.807) is 24.3 Å². The number of ether oxygens (including phenoxy) is 1. The van der Waals surface area contributed by atoms with E-state index in [0.29, 0.717) is 11.4 Å². The van der Waals surface area contributed by atoms with Crippen molar-refractivity contribution in [2.45, 2.75) is 10.9 Å². The highest BCUT2D eigenvalue weighted by Crippen LogP contribution is 2.25. The third kappa shape index (κ3) is 3.88. The SMILES string of the molecule is [C-]#[N+]C1=NN(c2ccc(S(N)(=O)=O)cc2)C(=O)C1N=Nc1ccc(OC)cc1. The number of amidine groups is 1. The first kappa shape index (κ1) is 19.2. The third-order valence-electron chi connectivity index (χ3n) is 3.78. The molecule has 3 rings (SSSR count). The first-order valence-corrected chi connectivity index (χ1v) is 9.36. The number of hydrogen-bond donors (Lipinski definition) is 1. The van der Waals surface area contributed by atoms with E-state index >= 15 is 0 Å². The van der Waals surface area contributed by atoms with Crippen LogP contribution in [-0.4, -0.2) is 33.3 Å². The number of methoxy groups -OCH3 is 1. The second-order valence-electron chi connectivity index (χ2n) is 5.57. The van der Waals surface area contributed by atoms with Gasteiger partial charge in [0.15, 0.2) is 0 Å². The van der Waals surface area contributed by atoms with Crippen molar-refractivity contribution in [3.05, 3.63) is 59.9 Å². The van der Waals surface area contributed by atoms with E-state index in [0.717, 1.165) is 5.01 Å². The second kappa shape index (κ2) is 7.55. The monoisotopic (exact) mass is 398 g/mol. The molecule has 0 spiro atoms. The lowest BCUT2D eigenvalue weighted by molar-refractivity contribution is -0.117. The second-order valence-corrected chi connectivity index (χ2v) is 7.14. The molecule has 0 radical (unpaired) electrons. The van der Waals surface area contributed by atoms with Crippen molar-refractivity contribution >= 4 is 33.1 Å². The van der Waals surface area contributed by atoms with Gasteiger partial charge >= 0.3 is 5.84 Å². The summed E-state index contributed by atoms with van der Waals surface area (Å²) in [7, 11) is -2.32. The summed E-state index contributed by atoms with van der Waals surface area (Å²) in [6.45, 7) is 7.23. The van der Waals surface area contributed by atoms with Gasteiger partial charge in [-0.1, -0.05) is 6.57 Å². The molecule has 0 saturated carbocycles. The predicted molar refractivity (Wildman–Crippen MR) is 101 cm³/mol. The van der Waals surface area contributed by atoms with Crippen molar-refractivity contribution in [2.24, 2.45) is 20.5 Å². The average Bonchev–Trinajstić information content (AvgIpc) is 3.01. The Balaban J connectivity index is 1.83. The first-order chi connectivity index (χ1) is 13.3. The van der Waals surface area contributed by atoms with Gasteiger partial charge in [0.1, 0.15) is 5.75 Å². The molecule has 1 aliphatic rings. The van der Waals surface area contributed by atoms with Crippen LogP contribution in [0.2, 0.25) is 0 Å². The molecule has 2 aromatic carbocycles. The fourth-order valence-electron chi connectivity index (χ4n) is 2.35. The highest BCUT2D eigenvalue weighted by Gasteiger charge is 2.40. The Labute approximate surface area is 160 Å². The van der Waals surface area contributed by atoms with Gasteiger partial charge < -0.3 is 9.58 Å². The zero-order valence-electron chi connectivity index (χ0n) is 14.6. The van der Waals surface area contributed by atoms with Crippen LogP contribution in [-0.2, 0) is 14.8 Å². The molecule has 0 aromatic heterocycles. The molecule has 1 aliphatic heterocycles. The van der Waals surface area contributed by atoms with Crippen molar-refractivity contribution in [1.29, 1.82) is 0 Å². The van der Waals surface area contributed by atoms with Crippen molar-refractivity contribution in [2.75, 3.05) is 12.1 Å². The number of carbonyl (C=O) groups is 1. The molecule has 1 amide bonds. The van der Waals surface area contributed by atoms with Gasteiger partial charge in [-0.05, 0) is 53.6 Å². The quantitative estimate of drug-likeness (QED) is 0.610. The van der Waals surface area contributed by atoms with Crippen LogP contribution in [0.25, 0.3) is 4.85 Å². The van der Waals surface area contributed by atoms with Crippen LogP contribution in [0, 0.1) is 6.57 Å². The third-order valence-corrected chi connectivity index (χ3v) is 4.70. The molecule has 1 atom stereocenters. The minimum Gasteiger partial charge on any atom is -0.497 e. The van der Waals surface area contributed by atoms with Gasteiger partial charge in [0, 0.05) is 0 Å². The molecule has 28 heavy (non-hydrogen) atoms. The van der Waals surface area contributed by atoms with Gasteiger partial charge in [0.2, 0.25) is 16.1 Å². The topological polar surface area (TPSA) is 131 Å². The molecule has 1 unspecified atom stereocenters. The zero-order valence-corrected chi connectivity index (χ0v) is 15.4. The number of hydrogen-bond acceptors (Lipinski definition) is 7. The average molecular weight is 398 g/mol. The van der Waals surface area contributed by atoms with Crippen LogP contribution in [0.4, 0.5) is 11.4 Å². The van der Waals surface area contributed by atoms with Crippen LogP contribution in [0.3, 0.4) is 0 Å². The number of nitrogens with zero attached hydrogens (tertiary/aromatic N) is 5. The van der Waals surface area contributed by atoms with Crippen LogP contribution in [0.1, 0.15) is 0 Å². The fraction of sp³-hybridized carbons (Fsp3) is 0.118. The van der Waals surface area contributed by atoms with Crippen molar-refractivity contribution in [1.82, 2.24) is 0 Å². The van der Waals surface area contributed by atoms with Gasteiger partial charge in [0.25, 0.3) is 5.91 Å². The Morgan fingerprint density at radius 2 is 1.82 bits per heavy atom. The highest BCUT2D eigenvalue weighted by atomic mass is 32.2. The van der Waals surface area contributed by atoms with Gasteiger partial charge in [-0.3, -0.25) is 4.79 Å². The molecular weight excluding hydrogens is 384 g/mol. The summed E-state index contributed by atoms with van der Waals surface area (Å²) in [5.74, 6) is -0.0715. The van der Waals surface area contributed by atoms with Crippen LogP contribution in [0.15, 0.2) is 68.8 Å². The number of anilines is 1. The Bertz CT molecular complexity index is 1100. The lowest BCUT2D eigenvalue weighted by atomic mass is 10.2. The van der Waals surface area contributed by atoms with E-state index in [1.165, 1.54) is 31.4 Å². The Morgan fingerprint density at radius 1 is 1.18 bits per heavy atom. The van der Waals surface area contributed by atoms with Gasteiger partial charge in [0.05, 0.1) is 23.4 Å². The Kier molecular flexibility index (Phi) is 5.16. The molecule has 0 saturated heterocycles. The predicted octanol–water partition coefficient (Wildman–Crippen LogP) is 2.07. The molecule has 10 nitrogen and oxygen atoms in total.